The van der Waals surface area contributed by atoms with Gasteiger partial charge in [-0.2, -0.15) is 0 Å². The molecule has 14 heavy (non-hydrogen) atoms. The van der Waals surface area contributed by atoms with Crippen molar-refractivity contribution in [3.63, 3.8) is 0 Å². The molecule has 0 aliphatic rings. The molecular weight excluding hydrogens is 201 g/mol. The Morgan fingerprint density at radius 1 is 1.50 bits per heavy atom. The molecule has 2 unspecified atom stereocenters. The van der Waals surface area contributed by atoms with Crippen molar-refractivity contribution in [3.05, 3.63) is 34.9 Å². The highest BCUT2D eigenvalue weighted by Crippen LogP contribution is 2.24. The Morgan fingerprint density at radius 3 is 2.79 bits per heavy atom. The van der Waals surface area contributed by atoms with Gasteiger partial charge in [-0.1, -0.05) is 23.7 Å². The zero-order valence-corrected chi connectivity index (χ0v) is 9.18. The van der Waals surface area contributed by atoms with E-state index in [2.05, 4.69) is 5.32 Å². The standard InChI is InChI=1S/C11H15ClFN/c1-8(14-2)6-11(13)9-4-3-5-10(12)7-9/h3-5,7-8,11,14H,6H2,1-2H3. The van der Waals surface area contributed by atoms with Crippen molar-refractivity contribution < 1.29 is 4.39 Å². The fraction of sp³-hybridized carbons (Fsp3) is 0.455. The summed E-state index contributed by atoms with van der Waals surface area (Å²) in [5, 5.41) is 3.59. The third-order valence-corrected chi connectivity index (χ3v) is 2.50. The van der Waals surface area contributed by atoms with E-state index in [1.54, 1.807) is 24.3 Å². The zero-order chi connectivity index (χ0) is 10.6. The van der Waals surface area contributed by atoms with E-state index < -0.39 is 6.17 Å². The average Bonchev–Trinajstić information content (AvgIpc) is 2.17. The van der Waals surface area contributed by atoms with Gasteiger partial charge in [0.2, 0.25) is 0 Å². The number of nitrogens with one attached hydrogen (secondary N) is 1. The Labute approximate surface area is 89.3 Å². The van der Waals surface area contributed by atoms with E-state index in [1.165, 1.54) is 0 Å². The van der Waals surface area contributed by atoms with Gasteiger partial charge in [0, 0.05) is 11.1 Å². The summed E-state index contributed by atoms with van der Waals surface area (Å²) in [6.07, 6.45) is -0.479. The Kier molecular flexibility index (Phi) is 4.36. The smallest absolute Gasteiger partial charge is 0.127 e. The van der Waals surface area contributed by atoms with Crippen LogP contribution in [0.5, 0.6) is 0 Å². The highest BCUT2D eigenvalue weighted by Gasteiger charge is 2.13. The summed E-state index contributed by atoms with van der Waals surface area (Å²) in [4.78, 5) is 0. The third-order valence-electron chi connectivity index (χ3n) is 2.26. The summed E-state index contributed by atoms with van der Waals surface area (Å²) in [5.41, 5.74) is 0.652. The molecule has 0 heterocycles. The van der Waals surface area contributed by atoms with Gasteiger partial charge in [0.25, 0.3) is 0 Å². The number of hydrogen-bond acceptors (Lipinski definition) is 1. The van der Waals surface area contributed by atoms with E-state index in [9.17, 15) is 4.39 Å². The Hall–Kier alpha value is -0.600. The summed E-state index contributed by atoms with van der Waals surface area (Å²) < 4.78 is 13.7. The minimum atomic E-state index is -0.948. The molecule has 78 valence electrons. The molecule has 0 aromatic heterocycles. The maximum Gasteiger partial charge on any atom is 0.127 e. The molecule has 0 amide bonds. The first-order valence-corrected chi connectivity index (χ1v) is 5.08. The first kappa shape index (κ1) is 11.5. The zero-order valence-electron chi connectivity index (χ0n) is 8.43. The van der Waals surface area contributed by atoms with Crippen LogP contribution in [0.1, 0.15) is 25.1 Å². The van der Waals surface area contributed by atoms with Gasteiger partial charge in [-0.25, -0.2) is 4.39 Å². The van der Waals surface area contributed by atoms with Crippen LogP contribution < -0.4 is 5.32 Å². The van der Waals surface area contributed by atoms with Crippen LogP contribution in [-0.4, -0.2) is 13.1 Å². The molecule has 1 aromatic carbocycles. The lowest BCUT2D eigenvalue weighted by Crippen LogP contribution is -2.22. The molecule has 0 aliphatic carbocycles. The van der Waals surface area contributed by atoms with Crippen LogP contribution in [-0.2, 0) is 0 Å². The Bertz CT molecular complexity index is 290. The van der Waals surface area contributed by atoms with Gasteiger partial charge >= 0.3 is 0 Å². The Balaban J connectivity index is 2.64. The van der Waals surface area contributed by atoms with E-state index in [0.717, 1.165) is 0 Å². The van der Waals surface area contributed by atoms with Gasteiger partial charge in [-0.05, 0) is 38.1 Å². The van der Waals surface area contributed by atoms with Crippen molar-refractivity contribution in [1.29, 1.82) is 0 Å². The average molecular weight is 216 g/mol. The SMILES string of the molecule is CNC(C)CC(F)c1cccc(Cl)c1. The van der Waals surface area contributed by atoms with Crippen LogP contribution in [0.15, 0.2) is 24.3 Å². The summed E-state index contributed by atoms with van der Waals surface area (Å²) in [7, 11) is 1.83. The van der Waals surface area contributed by atoms with Crippen molar-refractivity contribution >= 4 is 11.6 Å². The quantitative estimate of drug-likeness (QED) is 0.812. The van der Waals surface area contributed by atoms with E-state index >= 15 is 0 Å². The molecule has 1 nitrogen and oxygen atoms in total. The summed E-state index contributed by atoms with van der Waals surface area (Å²) in [6, 6.07) is 7.13. The van der Waals surface area contributed by atoms with Crippen molar-refractivity contribution in [2.24, 2.45) is 0 Å². The van der Waals surface area contributed by atoms with Crippen LogP contribution in [0, 0.1) is 0 Å². The van der Waals surface area contributed by atoms with Crippen LogP contribution >= 0.6 is 11.6 Å². The summed E-state index contributed by atoms with van der Waals surface area (Å²) >= 11 is 5.78. The molecule has 1 N–H and O–H groups in total. The van der Waals surface area contributed by atoms with Crippen molar-refractivity contribution in [2.45, 2.75) is 25.6 Å². The second-order valence-electron chi connectivity index (χ2n) is 3.45. The lowest BCUT2D eigenvalue weighted by Gasteiger charge is -2.14. The van der Waals surface area contributed by atoms with Gasteiger partial charge in [0.1, 0.15) is 6.17 Å². The van der Waals surface area contributed by atoms with E-state index in [4.69, 9.17) is 11.6 Å². The molecule has 2 atom stereocenters. The highest BCUT2D eigenvalue weighted by molar-refractivity contribution is 6.30. The molecule has 1 aromatic rings. The van der Waals surface area contributed by atoms with Crippen LogP contribution in [0.4, 0.5) is 4.39 Å². The van der Waals surface area contributed by atoms with Gasteiger partial charge in [0.15, 0.2) is 0 Å². The number of alkyl halides is 1. The number of hydrogen-bond donors (Lipinski definition) is 1. The predicted octanol–water partition coefficient (Wildman–Crippen LogP) is 3.35. The maximum atomic E-state index is 13.7. The molecule has 0 fully saturated rings. The normalized spacial score (nSPS) is 15.1. The van der Waals surface area contributed by atoms with E-state index in [0.29, 0.717) is 17.0 Å². The lowest BCUT2D eigenvalue weighted by atomic mass is 10.0. The molecule has 1 rings (SSSR count). The second-order valence-corrected chi connectivity index (χ2v) is 3.88. The largest absolute Gasteiger partial charge is 0.317 e. The fourth-order valence-electron chi connectivity index (χ4n) is 1.27. The lowest BCUT2D eigenvalue weighted by molar-refractivity contribution is 0.295. The molecule has 0 saturated heterocycles. The van der Waals surface area contributed by atoms with Crippen LogP contribution in [0.3, 0.4) is 0 Å². The molecule has 0 aliphatic heterocycles. The number of rotatable bonds is 4. The molecule has 0 radical (unpaired) electrons. The first-order chi connectivity index (χ1) is 6.63. The number of halogens is 2. The van der Waals surface area contributed by atoms with Crippen molar-refractivity contribution in [3.8, 4) is 0 Å². The topological polar surface area (TPSA) is 12.0 Å². The number of benzene rings is 1. The van der Waals surface area contributed by atoms with Gasteiger partial charge in [0.05, 0.1) is 0 Å². The van der Waals surface area contributed by atoms with Gasteiger partial charge in [-0.3, -0.25) is 0 Å². The fourth-order valence-corrected chi connectivity index (χ4v) is 1.46. The van der Waals surface area contributed by atoms with Crippen LogP contribution in [0.25, 0.3) is 0 Å². The Morgan fingerprint density at radius 2 is 2.21 bits per heavy atom. The minimum Gasteiger partial charge on any atom is -0.317 e. The first-order valence-electron chi connectivity index (χ1n) is 4.70. The minimum absolute atomic E-state index is 0.170. The molecule has 0 spiro atoms. The van der Waals surface area contributed by atoms with Crippen LogP contribution in [0.2, 0.25) is 5.02 Å². The van der Waals surface area contributed by atoms with Crippen molar-refractivity contribution in [2.75, 3.05) is 7.05 Å². The van der Waals surface area contributed by atoms with E-state index in [1.807, 2.05) is 14.0 Å². The predicted molar refractivity (Wildman–Crippen MR) is 58.4 cm³/mol. The molecular formula is C11H15ClFN. The highest BCUT2D eigenvalue weighted by atomic mass is 35.5. The second kappa shape index (κ2) is 5.32. The van der Waals surface area contributed by atoms with Crippen molar-refractivity contribution in [1.82, 2.24) is 5.32 Å². The molecule has 3 heteroatoms. The maximum absolute atomic E-state index is 13.7. The summed E-state index contributed by atoms with van der Waals surface area (Å²) in [6.45, 7) is 1.96. The van der Waals surface area contributed by atoms with Gasteiger partial charge < -0.3 is 5.32 Å². The monoisotopic (exact) mass is 215 g/mol. The third kappa shape index (κ3) is 3.28. The molecule has 0 saturated carbocycles. The van der Waals surface area contributed by atoms with E-state index in [-0.39, 0.29) is 6.04 Å². The van der Waals surface area contributed by atoms with Gasteiger partial charge in [-0.15, -0.1) is 0 Å². The molecule has 0 bridgehead atoms. The summed E-state index contributed by atoms with van der Waals surface area (Å²) in [5.74, 6) is 0.